The Labute approximate surface area is 208 Å². The highest BCUT2D eigenvalue weighted by Crippen LogP contribution is 2.19. The van der Waals surface area contributed by atoms with Gasteiger partial charge in [0.1, 0.15) is 18.1 Å². The van der Waals surface area contributed by atoms with Crippen molar-refractivity contribution in [3.05, 3.63) is 36.0 Å². The number of amides is 3. The Kier molecular flexibility index (Phi) is 9.55. The quantitative estimate of drug-likeness (QED) is 0.250. The first kappa shape index (κ1) is 26.6. The number of benzene rings is 1. The van der Waals surface area contributed by atoms with Crippen LogP contribution in [0.1, 0.15) is 31.7 Å². The molecular formula is C24H33N5O5S. The second-order valence-electron chi connectivity index (χ2n) is 8.68. The van der Waals surface area contributed by atoms with Crippen LogP contribution in [-0.2, 0) is 25.6 Å². The van der Waals surface area contributed by atoms with Crippen molar-refractivity contribution in [2.24, 2.45) is 0 Å². The van der Waals surface area contributed by atoms with E-state index in [0.717, 1.165) is 29.4 Å². The van der Waals surface area contributed by atoms with Gasteiger partial charge in [0.05, 0.1) is 6.04 Å². The number of thioether (sulfide) groups is 1. The molecule has 1 aliphatic heterocycles. The zero-order valence-electron chi connectivity index (χ0n) is 19.9. The summed E-state index contributed by atoms with van der Waals surface area (Å²) in [5.74, 6) is -1.90. The summed E-state index contributed by atoms with van der Waals surface area (Å²) in [5.41, 5.74) is 1.79. The molecule has 190 valence electrons. The van der Waals surface area contributed by atoms with Gasteiger partial charge >= 0.3 is 5.97 Å². The van der Waals surface area contributed by atoms with Gasteiger partial charge in [-0.3, -0.25) is 19.2 Å². The maximum atomic E-state index is 13.4. The number of rotatable bonds is 12. The van der Waals surface area contributed by atoms with Crippen molar-refractivity contribution in [3.8, 4) is 0 Å². The molecule has 0 bridgehead atoms. The topological polar surface area (TPSA) is 152 Å². The number of aliphatic carboxylic acids is 1. The summed E-state index contributed by atoms with van der Waals surface area (Å²) in [7, 11) is 0. The lowest BCUT2D eigenvalue weighted by Crippen LogP contribution is -2.57. The predicted octanol–water partition coefficient (Wildman–Crippen LogP) is 0.774. The van der Waals surface area contributed by atoms with Gasteiger partial charge in [-0.1, -0.05) is 18.2 Å². The lowest BCUT2D eigenvalue weighted by atomic mass is 10.0. The third-order valence-corrected chi connectivity index (χ3v) is 6.73. The molecule has 1 aliphatic rings. The van der Waals surface area contributed by atoms with Crippen LogP contribution in [0, 0.1) is 0 Å². The summed E-state index contributed by atoms with van der Waals surface area (Å²) in [4.78, 5) is 53.3. The summed E-state index contributed by atoms with van der Waals surface area (Å²) in [6.07, 6.45) is 5.83. The molecule has 11 heteroatoms. The number of H-pyrrole nitrogens is 1. The molecule has 10 nitrogen and oxygen atoms in total. The first-order chi connectivity index (χ1) is 16.8. The molecule has 3 rings (SSSR count). The number of carboxylic acids is 1. The van der Waals surface area contributed by atoms with Crippen molar-refractivity contribution in [1.82, 2.24) is 26.3 Å². The molecule has 1 fully saturated rings. The molecule has 6 N–H and O–H groups in total. The van der Waals surface area contributed by atoms with Crippen LogP contribution < -0.4 is 21.3 Å². The van der Waals surface area contributed by atoms with Crippen LogP contribution in [0.3, 0.4) is 0 Å². The number of carbonyl (C=O) groups is 4. The third-order valence-electron chi connectivity index (χ3n) is 6.08. The molecule has 35 heavy (non-hydrogen) atoms. The number of carboxylic acid groups (broad SMARTS) is 1. The van der Waals surface area contributed by atoms with E-state index in [1.54, 1.807) is 0 Å². The van der Waals surface area contributed by atoms with Gasteiger partial charge < -0.3 is 31.4 Å². The number of fused-ring (bicyclic) bond motifs is 1. The summed E-state index contributed by atoms with van der Waals surface area (Å²) < 4.78 is 0. The Morgan fingerprint density at radius 2 is 1.86 bits per heavy atom. The van der Waals surface area contributed by atoms with Crippen LogP contribution in [0.25, 0.3) is 10.9 Å². The number of para-hydroxylation sites is 1. The molecule has 1 aromatic heterocycles. The van der Waals surface area contributed by atoms with E-state index in [9.17, 15) is 19.2 Å². The lowest BCUT2D eigenvalue weighted by Gasteiger charge is -2.24. The molecule has 0 radical (unpaired) electrons. The number of aromatic amines is 1. The van der Waals surface area contributed by atoms with Gasteiger partial charge in [0, 0.05) is 23.5 Å². The third kappa shape index (κ3) is 7.22. The molecule has 1 aromatic carbocycles. The number of aromatic nitrogens is 1. The molecule has 2 aromatic rings. The van der Waals surface area contributed by atoms with Crippen molar-refractivity contribution in [2.45, 2.75) is 56.8 Å². The van der Waals surface area contributed by atoms with Crippen molar-refractivity contribution in [3.63, 3.8) is 0 Å². The second-order valence-corrected chi connectivity index (χ2v) is 9.67. The maximum Gasteiger partial charge on any atom is 0.325 e. The van der Waals surface area contributed by atoms with E-state index in [-0.39, 0.29) is 18.4 Å². The smallest absolute Gasteiger partial charge is 0.325 e. The Hall–Kier alpha value is -3.05. The van der Waals surface area contributed by atoms with Crippen molar-refractivity contribution in [2.75, 3.05) is 18.6 Å². The van der Waals surface area contributed by atoms with Gasteiger partial charge in [-0.2, -0.15) is 11.8 Å². The average Bonchev–Trinajstić information content (AvgIpc) is 3.51. The number of carbonyl (C=O) groups excluding carboxylic acids is 3. The normalized spacial score (nSPS) is 17.9. The fourth-order valence-corrected chi connectivity index (χ4v) is 4.53. The molecule has 0 saturated carbocycles. The first-order valence-electron chi connectivity index (χ1n) is 11.7. The Morgan fingerprint density at radius 3 is 2.54 bits per heavy atom. The van der Waals surface area contributed by atoms with Crippen LogP contribution in [0.4, 0.5) is 0 Å². The minimum absolute atomic E-state index is 0.233. The first-order valence-corrected chi connectivity index (χ1v) is 13.1. The van der Waals surface area contributed by atoms with Crippen molar-refractivity contribution >= 4 is 46.4 Å². The summed E-state index contributed by atoms with van der Waals surface area (Å²) in [5, 5.41) is 21.3. The van der Waals surface area contributed by atoms with E-state index in [4.69, 9.17) is 5.11 Å². The Morgan fingerprint density at radius 1 is 1.11 bits per heavy atom. The summed E-state index contributed by atoms with van der Waals surface area (Å²) in [6, 6.07) is 4.40. The van der Waals surface area contributed by atoms with Gasteiger partial charge in [0.15, 0.2) is 0 Å². The highest BCUT2D eigenvalue weighted by Gasteiger charge is 2.31. The highest BCUT2D eigenvalue weighted by molar-refractivity contribution is 7.98. The van der Waals surface area contributed by atoms with E-state index >= 15 is 0 Å². The Balaban J connectivity index is 1.79. The minimum atomic E-state index is -1.16. The number of nitrogens with one attached hydrogen (secondary N) is 5. The van der Waals surface area contributed by atoms with Crippen LogP contribution in [0.5, 0.6) is 0 Å². The fourth-order valence-electron chi connectivity index (χ4n) is 4.06. The molecule has 3 amide bonds. The van der Waals surface area contributed by atoms with E-state index in [0.29, 0.717) is 18.6 Å². The van der Waals surface area contributed by atoms with Gasteiger partial charge in [0.2, 0.25) is 17.7 Å². The average molecular weight is 504 g/mol. The Bertz CT molecular complexity index is 1050. The monoisotopic (exact) mass is 503 g/mol. The molecule has 0 spiro atoms. The molecule has 1 saturated heterocycles. The van der Waals surface area contributed by atoms with Crippen molar-refractivity contribution < 1.29 is 24.3 Å². The van der Waals surface area contributed by atoms with Crippen LogP contribution in [0.2, 0.25) is 0 Å². The highest BCUT2D eigenvalue weighted by atomic mass is 32.2. The zero-order valence-corrected chi connectivity index (χ0v) is 20.7. The standard InChI is InChI=1S/C24H33N5O5S/c1-14(24(33)34)27-22(31)19(9-11-35-2)28-23(32)20(29-21(30)18-8-5-10-25-18)12-15-13-26-17-7-4-3-6-16(15)17/h3-4,6-7,13-14,18-20,25-26H,5,8-12H2,1-2H3,(H,27,31)(H,28,32)(H,29,30)(H,33,34). The number of hydrogen-bond donors (Lipinski definition) is 6. The van der Waals surface area contributed by atoms with Gasteiger partial charge in [-0.05, 0) is 56.4 Å². The van der Waals surface area contributed by atoms with Crippen LogP contribution in [0.15, 0.2) is 30.5 Å². The molecule has 0 aliphatic carbocycles. The largest absolute Gasteiger partial charge is 0.480 e. The second kappa shape index (κ2) is 12.6. The lowest BCUT2D eigenvalue weighted by molar-refractivity contribution is -0.141. The van der Waals surface area contributed by atoms with E-state index < -0.39 is 35.9 Å². The maximum absolute atomic E-state index is 13.4. The predicted molar refractivity (Wildman–Crippen MR) is 135 cm³/mol. The van der Waals surface area contributed by atoms with E-state index in [1.807, 2.05) is 36.7 Å². The zero-order chi connectivity index (χ0) is 25.4. The van der Waals surface area contributed by atoms with Crippen LogP contribution >= 0.6 is 11.8 Å². The number of hydrogen-bond acceptors (Lipinski definition) is 6. The van der Waals surface area contributed by atoms with E-state index in [1.165, 1.54) is 18.7 Å². The SMILES string of the molecule is CSCCC(NC(=O)C(Cc1c[nH]c2ccccc12)NC(=O)C1CCCN1)C(=O)NC(C)C(=O)O. The van der Waals surface area contributed by atoms with Crippen LogP contribution in [-0.4, -0.2) is 76.5 Å². The fraction of sp³-hybridized carbons (Fsp3) is 0.500. The molecule has 4 atom stereocenters. The summed E-state index contributed by atoms with van der Waals surface area (Å²) in [6.45, 7) is 2.11. The molecule has 4 unspecified atom stereocenters. The van der Waals surface area contributed by atoms with E-state index in [2.05, 4.69) is 26.3 Å². The molecular weight excluding hydrogens is 470 g/mol. The van der Waals surface area contributed by atoms with Crippen molar-refractivity contribution in [1.29, 1.82) is 0 Å². The molecule has 2 heterocycles. The van der Waals surface area contributed by atoms with Gasteiger partial charge in [-0.25, -0.2) is 0 Å². The van der Waals surface area contributed by atoms with Gasteiger partial charge in [0.25, 0.3) is 0 Å². The minimum Gasteiger partial charge on any atom is -0.480 e. The summed E-state index contributed by atoms with van der Waals surface area (Å²) >= 11 is 1.51. The van der Waals surface area contributed by atoms with Gasteiger partial charge in [-0.15, -0.1) is 0 Å².